The second kappa shape index (κ2) is 7.64. The largest absolute Gasteiger partial charge is 0.507 e. The van der Waals surface area contributed by atoms with Gasteiger partial charge in [-0.15, -0.1) is 0 Å². The third-order valence-electron chi connectivity index (χ3n) is 2.51. The van der Waals surface area contributed by atoms with Gasteiger partial charge < -0.3 is 14.6 Å². The first kappa shape index (κ1) is 16.2. The Balaban J connectivity index is 0.000000219. The predicted molar refractivity (Wildman–Crippen MR) is 73.7 cm³/mol. The molecule has 2 rings (SSSR count). The van der Waals surface area contributed by atoms with Gasteiger partial charge in [0.05, 0.1) is 19.8 Å². The predicted octanol–water partition coefficient (Wildman–Crippen LogP) is 1.40. The Hall–Kier alpha value is -2.89. The average Bonchev–Trinajstić information content (AvgIpc) is 2.50. The van der Waals surface area contributed by atoms with Gasteiger partial charge in [0.25, 0.3) is 0 Å². The Labute approximate surface area is 121 Å². The zero-order valence-corrected chi connectivity index (χ0v) is 11.5. The Morgan fingerprint density at radius 1 is 0.952 bits per heavy atom. The zero-order chi connectivity index (χ0) is 15.8. The van der Waals surface area contributed by atoms with E-state index in [1.54, 1.807) is 18.2 Å². The topological polar surface area (TPSA) is 89.9 Å². The van der Waals surface area contributed by atoms with Crippen LogP contribution in [0.3, 0.4) is 0 Å². The quantitative estimate of drug-likeness (QED) is 0.668. The summed E-state index contributed by atoms with van der Waals surface area (Å²) in [5.41, 5.74) is 0.331. The van der Waals surface area contributed by atoms with Crippen molar-refractivity contribution in [1.82, 2.24) is 0 Å². The van der Waals surface area contributed by atoms with Crippen LogP contribution >= 0.6 is 0 Å². The number of rotatable bonds is 3. The Morgan fingerprint density at radius 2 is 1.43 bits per heavy atom. The van der Waals surface area contributed by atoms with Crippen LogP contribution in [0.4, 0.5) is 0 Å². The summed E-state index contributed by atoms with van der Waals surface area (Å²) >= 11 is 0. The van der Waals surface area contributed by atoms with Gasteiger partial charge in [0.1, 0.15) is 5.75 Å². The molecule has 0 saturated heterocycles. The molecule has 21 heavy (non-hydrogen) atoms. The highest BCUT2D eigenvalue weighted by Gasteiger charge is 2.20. The van der Waals surface area contributed by atoms with E-state index >= 15 is 0 Å². The molecule has 0 fully saturated rings. The van der Waals surface area contributed by atoms with E-state index in [2.05, 4.69) is 9.47 Å². The zero-order valence-electron chi connectivity index (χ0n) is 11.5. The minimum atomic E-state index is -0.353. The molecular weight excluding hydrogens is 276 g/mol. The monoisotopic (exact) mass is 290 g/mol. The number of hydrogen-bond donors (Lipinski definition) is 1. The summed E-state index contributed by atoms with van der Waals surface area (Å²) in [7, 11) is 2.67. The van der Waals surface area contributed by atoms with Crippen molar-refractivity contribution >= 4 is 17.9 Å². The van der Waals surface area contributed by atoms with E-state index in [1.807, 2.05) is 0 Å². The van der Waals surface area contributed by atoms with E-state index in [0.29, 0.717) is 11.8 Å². The molecule has 0 saturated carbocycles. The fraction of sp³-hybridized carbons (Fsp3) is 0.133. The molecule has 0 aromatic heterocycles. The average molecular weight is 290 g/mol. The lowest BCUT2D eigenvalue weighted by atomic mass is 10.1. The highest BCUT2D eigenvalue weighted by Crippen LogP contribution is 2.12. The maximum Gasteiger partial charge on any atom is 0.224 e. The summed E-state index contributed by atoms with van der Waals surface area (Å²) in [5, 5.41) is 8.88. The van der Waals surface area contributed by atoms with Gasteiger partial charge in [0.15, 0.2) is 17.8 Å². The summed E-state index contributed by atoms with van der Waals surface area (Å²) in [6.45, 7) is 0. The number of benzene rings is 1. The van der Waals surface area contributed by atoms with Crippen molar-refractivity contribution in [2.24, 2.45) is 0 Å². The first-order chi connectivity index (χ1) is 10.0. The van der Waals surface area contributed by atoms with Crippen LogP contribution in [-0.2, 0) is 19.1 Å². The van der Waals surface area contributed by atoms with Gasteiger partial charge in [-0.05, 0) is 12.1 Å². The van der Waals surface area contributed by atoms with Gasteiger partial charge in [-0.2, -0.15) is 0 Å². The van der Waals surface area contributed by atoms with Gasteiger partial charge in [0, 0.05) is 12.2 Å². The Morgan fingerprint density at radius 3 is 1.76 bits per heavy atom. The van der Waals surface area contributed by atoms with Gasteiger partial charge in [-0.1, -0.05) is 12.1 Å². The second-order valence-electron chi connectivity index (χ2n) is 3.83. The molecule has 0 atom stereocenters. The van der Waals surface area contributed by atoms with Crippen LogP contribution in [-0.4, -0.2) is 37.2 Å². The number of carbonyl (C=O) groups is 3. The van der Waals surface area contributed by atoms with E-state index in [1.165, 1.54) is 20.3 Å². The van der Waals surface area contributed by atoms with Crippen molar-refractivity contribution in [2.45, 2.75) is 0 Å². The SMILES string of the molecule is COC1=CC(=O)C(OC)=CC1=O.O=Cc1ccccc1O. The highest BCUT2D eigenvalue weighted by molar-refractivity contribution is 6.18. The summed E-state index contributed by atoms with van der Waals surface area (Å²) in [6, 6.07) is 6.40. The number of phenolic OH excluding ortho intramolecular Hbond substituents is 1. The normalized spacial score (nSPS) is 13.4. The molecule has 0 bridgehead atoms. The van der Waals surface area contributed by atoms with Crippen molar-refractivity contribution in [3.05, 3.63) is 53.5 Å². The molecule has 1 N–H and O–H groups in total. The van der Waals surface area contributed by atoms with Crippen molar-refractivity contribution in [2.75, 3.05) is 14.2 Å². The molecule has 0 unspecified atom stereocenters. The van der Waals surface area contributed by atoms with E-state index in [0.717, 1.165) is 12.2 Å². The first-order valence-electron chi connectivity index (χ1n) is 5.86. The first-order valence-corrected chi connectivity index (χ1v) is 5.86. The Kier molecular flexibility index (Phi) is 5.88. The number of carbonyl (C=O) groups excluding carboxylic acids is 3. The number of hydrogen-bond acceptors (Lipinski definition) is 6. The fourth-order valence-corrected chi connectivity index (χ4v) is 1.43. The minimum absolute atomic E-state index is 0.0347. The molecule has 1 aliphatic carbocycles. The van der Waals surface area contributed by atoms with Crippen LogP contribution in [0.15, 0.2) is 47.9 Å². The van der Waals surface area contributed by atoms with Crippen LogP contribution in [0.1, 0.15) is 10.4 Å². The van der Waals surface area contributed by atoms with Crippen LogP contribution in [0.2, 0.25) is 0 Å². The molecule has 1 aliphatic rings. The van der Waals surface area contributed by atoms with Gasteiger partial charge in [-0.25, -0.2) is 0 Å². The lowest BCUT2D eigenvalue weighted by Gasteiger charge is -2.09. The van der Waals surface area contributed by atoms with Crippen molar-refractivity contribution < 1.29 is 29.0 Å². The maximum absolute atomic E-state index is 11.0. The van der Waals surface area contributed by atoms with E-state index in [4.69, 9.17) is 5.11 Å². The van der Waals surface area contributed by atoms with Crippen molar-refractivity contribution in [1.29, 1.82) is 0 Å². The van der Waals surface area contributed by atoms with Crippen LogP contribution in [0.5, 0.6) is 5.75 Å². The van der Waals surface area contributed by atoms with Crippen molar-refractivity contribution in [3.8, 4) is 5.75 Å². The maximum atomic E-state index is 11.0. The van der Waals surface area contributed by atoms with E-state index in [-0.39, 0.29) is 28.8 Å². The van der Waals surface area contributed by atoms with Crippen LogP contribution < -0.4 is 0 Å². The molecule has 0 radical (unpaired) electrons. The molecule has 0 spiro atoms. The number of ether oxygens (including phenoxy) is 2. The second-order valence-corrected chi connectivity index (χ2v) is 3.83. The number of ketones is 2. The lowest BCUT2D eigenvalue weighted by Crippen LogP contribution is -2.15. The van der Waals surface area contributed by atoms with E-state index in [9.17, 15) is 14.4 Å². The summed E-state index contributed by atoms with van der Waals surface area (Å²) < 4.78 is 9.31. The highest BCUT2D eigenvalue weighted by atomic mass is 16.5. The summed E-state index contributed by atoms with van der Waals surface area (Å²) in [4.78, 5) is 32.1. The fourth-order valence-electron chi connectivity index (χ4n) is 1.43. The van der Waals surface area contributed by atoms with Gasteiger partial charge in [0.2, 0.25) is 11.6 Å². The van der Waals surface area contributed by atoms with Crippen LogP contribution in [0.25, 0.3) is 0 Å². The number of aldehydes is 1. The number of allylic oxidation sites excluding steroid dienone is 2. The molecule has 1 aromatic rings. The summed E-state index contributed by atoms with van der Waals surface area (Å²) in [6.07, 6.45) is 2.84. The molecule has 1 aromatic carbocycles. The Bertz CT molecular complexity index is 582. The molecule has 0 heterocycles. The van der Waals surface area contributed by atoms with Gasteiger partial charge in [-0.3, -0.25) is 14.4 Å². The lowest BCUT2D eigenvalue weighted by molar-refractivity contribution is -0.119. The summed E-state index contributed by atoms with van der Waals surface area (Å²) in [5.74, 6) is -0.586. The number of aromatic hydroxyl groups is 1. The molecule has 0 amide bonds. The van der Waals surface area contributed by atoms with Crippen LogP contribution in [0, 0.1) is 0 Å². The number of phenols is 1. The standard InChI is InChI=1S/C8H8O4.C7H6O2/c1-11-7-3-6(10)8(12-2)4-5(7)9;8-5-6-3-1-2-4-7(6)9/h3-4H,1-2H3;1-5,9H. The van der Waals surface area contributed by atoms with Crippen molar-refractivity contribution in [3.63, 3.8) is 0 Å². The third kappa shape index (κ3) is 4.31. The number of methoxy groups -OCH3 is 2. The molecule has 110 valence electrons. The molecular formula is C15H14O6. The number of para-hydroxylation sites is 1. The van der Waals surface area contributed by atoms with E-state index < -0.39 is 0 Å². The molecule has 6 nitrogen and oxygen atoms in total. The third-order valence-corrected chi connectivity index (χ3v) is 2.51. The molecule has 0 aliphatic heterocycles. The van der Waals surface area contributed by atoms with Gasteiger partial charge >= 0.3 is 0 Å². The minimum Gasteiger partial charge on any atom is -0.507 e. The smallest absolute Gasteiger partial charge is 0.224 e. The molecule has 6 heteroatoms.